The molecule has 2 rings (SSSR count). The van der Waals surface area contributed by atoms with E-state index in [1.165, 1.54) is 11.0 Å². The van der Waals surface area contributed by atoms with Gasteiger partial charge in [0.25, 0.3) is 5.91 Å². The maximum Gasteiger partial charge on any atom is 0.258 e. The van der Waals surface area contributed by atoms with Crippen LogP contribution in [0.5, 0.6) is 5.75 Å². The highest BCUT2D eigenvalue weighted by Crippen LogP contribution is 2.17. The van der Waals surface area contributed by atoms with Crippen molar-refractivity contribution in [2.24, 2.45) is 5.73 Å². The van der Waals surface area contributed by atoms with Crippen LogP contribution >= 0.6 is 0 Å². The number of nitrogens with two attached hydrogens (primary N) is 1. The molecule has 2 aromatic rings. The lowest BCUT2D eigenvalue weighted by Crippen LogP contribution is -2.32. The molecule has 7 heteroatoms. The lowest BCUT2D eigenvalue weighted by molar-refractivity contribution is -0.124. The largest absolute Gasteiger partial charge is 0.481 e. The minimum absolute atomic E-state index is 0.481. The van der Waals surface area contributed by atoms with Crippen LogP contribution in [0.15, 0.2) is 30.6 Å². The Morgan fingerprint density at radius 3 is 3.00 bits per heavy atom. The molecule has 0 aliphatic rings. The van der Waals surface area contributed by atoms with Gasteiger partial charge in [-0.3, -0.25) is 4.79 Å². The quantitative estimate of drug-likeness (QED) is 0.820. The molecular weight excluding hydrogens is 234 g/mol. The first-order chi connectivity index (χ1) is 8.70. The highest BCUT2D eigenvalue weighted by molar-refractivity contribution is 5.79. The molecule has 1 aromatic heterocycles. The summed E-state index contributed by atoms with van der Waals surface area (Å²) in [6.07, 6.45) is 1.36. The van der Waals surface area contributed by atoms with Crippen LogP contribution in [0.25, 0.3) is 5.69 Å². The number of primary amides is 1. The SMILES string of the molecule is CCC(Oc1cccc(-n2cnnn2)c1)C(N)=O. The van der Waals surface area contributed by atoms with Crippen molar-refractivity contribution in [1.82, 2.24) is 20.2 Å². The Balaban J connectivity index is 2.20. The zero-order chi connectivity index (χ0) is 13.0. The van der Waals surface area contributed by atoms with Crippen molar-refractivity contribution >= 4 is 5.91 Å². The number of hydrogen-bond acceptors (Lipinski definition) is 5. The number of tetrazole rings is 1. The Kier molecular flexibility index (Phi) is 3.52. The molecule has 0 aliphatic carbocycles. The van der Waals surface area contributed by atoms with Gasteiger partial charge in [0.15, 0.2) is 6.10 Å². The average Bonchev–Trinajstić information content (AvgIpc) is 2.90. The van der Waals surface area contributed by atoms with Gasteiger partial charge in [-0.05, 0) is 29.0 Å². The van der Waals surface area contributed by atoms with Gasteiger partial charge in [-0.15, -0.1) is 5.10 Å². The Morgan fingerprint density at radius 2 is 2.39 bits per heavy atom. The maximum atomic E-state index is 11.1. The van der Waals surface area contributed by atoms with Gasteiger partial charge in [0.1, 0.15) is 12.1 Å². The maximum absolute atomic E-state index is 11.1. The highest BCUT2D eigenvalue weighted by atomic mass is 16.5. The first-order valence-electron chi connectivity index (χ1n) is 5.50. The van der Waals surface area contributed by atoms with Gasteiger partial charge < -0.3 is 10.5 Å². The summed E-state index contributed by atoms with van der Waals surface area (Å²) in [4.78, 5) is 11.1. The Bertz CT molecular complexity index is 526. The van der Waals surface area contributed by atoms with Crippen molar-refractivity contribution in [1.29, 1.82) is 0 Å². The molecule has 0 fully saturated rings. The Labute approximate surface area is 104 Å². The summed E-state index contributed by atoms with van der Waals surface area (Å²) in [6.45, 7) is 1.83. The van der Waals surface area contributed by atoms with Gasteiger partial charge in [0.2, 0.25) is 0 Å². The molecule has 1 atom stereocenters. The van der Waals surface area contributed by atoms with E-state index >= 15 is 0 Å². The van der Waals surface area contributed by atoms with E-state index in [0.717, 1.165) is 5.69 Å². The minimum atomic E-state index is -0.630. The van der Waals surface area contributed by atoms with Gasteiger partial charge >= 0.3 is 0 Å². The Morgan fingerprint density at radius 1 is 1.56 bits per heavy atom. The van der Waals surface area contributed by atoms with Gasteiger partial charge in [0.05, 0.1) is 5.69 Å². The van der Waals surface area contributed by atoms with Crippen LogP contribution in [-0.2, 0) is 4.79 Å². The molecule has 0 saturated carbocycles. The summed E-state index contributed by atoms with van der Waals surface area (Å²) in [7, 11) is 0. The summed E-state index contributed by atoms with van der Waals surface area (Å²) in [5.74, 6) is 0.0685. The predicted octanol–water partition coefficient (Wildman–Crippen LogP) is 0.305. The molecular formula is C11H13N5O2. The van der Waals surface area contributed by atoms with Gasteiger partial charge in [0, 0.05) is 6.07 Å². The zero-order valence-corrected chi connectivity index (χ0v) is 9.85. The Hall–Kier alpha value is -2.44. The third-order valence-corrected chi connectivity index (χ3v) is 2.40. The molecule has 94 valence electrons. The average molecular weight is 247 g/mol. The fourth-order valence-electron chi connectivity index (χ4n) is 1.49. The lowest BCUT2D eigenvalue weighted by atomic mass is 10.2. The summed E-state index contributed by atoms with van der Waals surface area (Å²) < 4.78 is 7.01. The van der Waals surface area contributed by atoms with E-state index in [2.05, 4.69) is 15.5 Å². The van der Waals surface area contributed by atoms with Crippen molar-refractivity contribution in [3.05, 3.63) is 30.6 Å². The molecule has 1 unspecified atom stereocenters. The number of aromatic nitrogens is 4. The zero-order valence-electron chi connectivity index (χ0n) is 9.85. The van der Waals surface area contributed by atoms with E-state index in [1.807, 2.05) is 13.0 Å². The number of nitrogens with zero attached hydrogens (tertiary/aromatic N) is 4. The second-order valence-corrected chi connectivity index (χ2v) is 3.67. The minimum Gasteiger partial charge on any atom is -0.481 e. The lowest BCUT2D eigenvalue weighted by Gasteiger charge is -2.14. The topological polar surface area (TPSA) is 95.9 Å². The molecule has 0 saturated heterocycles. The standard InChI is InChI=1S/C11H13N5O2/c1-2-10(11(12)17)18-9-5-3-4-8(6-9)16-7-13-14-15-16/h3-7,10H,2H2,1H3,(H2,12,17). The summed E-state index contributed by atoms with van der Waals surface area (Å²) in [6, 6.07) is 7.11. The van der Waals surface area contributed by atoms with Crippen molar-refractivity contribution in [2.45, 2.75) is 19.4 Å². The van der Waals surface area contributed by atoms with E-state index in [9.17, 15) is 4.79 Å². The summed E-state index contributed by atoms with van der Waals surface area (Å²) in [5.41, 5.74) is 5.97. The van der Waals surface area contributed by atoms with Crippen LogP contribution in [0.2, 0.25) is 0 Å². The molecule has 1 aromatic carbocycles. The van der Waals surface area contributed by atoms with Crippen LogP contribution in [0.1, 0.15) is 13.3 Å². The first-order valence-corrected chi connectivity index (χ1v) is 5.50. The molecule has 0 aliphatic heterocycles. The van der Waals surface area contributed by atoms with E-state index < -0.39 is 12.0 Å². The number of hydrogen-bond donors (Lipinski definition) is 1. The van der Waals surface area contributed by atoms with Crippen LogP contribution in [0.4, 0.5) is 0 Å². The summed E-state index contributed by atoms with van der Waals surface area (Å²) in [5, 5.41) is 10.9. The predicted molar refractivity (Wildman–Crippen MR) is 63.1 cm³/mol. The number of carbonyl (C=O) groups is 1. The fourth-order valence-corrected chi connectivity index (χ4v) is 1.49. The van der Waals surface area contributed by atoms with Gasteiger partial charge in [-0.2, -0.15) is 0 Å². The third-order valence-electron chi connectivity index (χ3n) is 2.40. The number of carbonyl (C=O) groups excluding carboxylic acids is 1. The normalized spacial score (nSPS) is 12.1. The second-order valence-electron chi connectivity index (χ2n) is 3.67. The monoisotopic (exact) mass is 247 g/mol. The van der Waals surface area contributed by atoms with E-state index in [0.29, 0.717) is 12.2 Å². The third kappa shape index (κ3) is 2.62. The van der Waals surface area contributed by atoms with E-state index in [-0.39, 0.29) is 0 Å². The van der Waals surface area contributed by atoms with Crippen LogP contribution in [0, 0.1) is 0 Å². The van der Waals surface area contributed by atoms with Crippen LogP contribution in [0.3, 0.4) is 0 Å². The molecule has 0 radical (unpaired) electrons. The second kappa shape index (κ2) is 5.26. The molecule has 0 bridgehead atoms. The molecule has 7 nitrogen and oxygen atoms in total. The van der Waals surface area contributed by atoms with Crippen molar-refractivity contribution in [2.75, 3.05) is 0 Å². The number of amides is 1. The van der Waals surface area contributed by atoms with Crippen LogP contribution in [-0.4, -0.2) is 32.2 Å². The fraction of sp³-hybridized carbons (Fsp3) is 0.273. The molecule has 2 N–H and O–H groups in total. The smallest absolute Gasteiger partial charge is 0.258 e. The molecule has 18 heavy (non-hydrogen) atoms. The number of benzene rings is 1. The van der Waals surface area contributed by atoms with Crippen molar-refractivity contribution < 1.29 is 9.53 Å². The summed E-state index contributed by atoms with van der Waals surface area (Å²) >= 11 is 0. The van der Waals surface area contributed by atoms with Crippen LogP contribution < -0.4 is 10.5 Å². The van der Waals surface area contributed by atoms with Gasteiger partial charge in [-0.1, -0.05) is 13.0 Å². The first kappa shape index (κ1) is 12.0. The van der Waals surface area contributed by atoms with Crippen molar-refractivity contribution in [3.8, 4) is 11.4 Å². The van der Waals surface area contributed by atoms with Gasteiger partial charge in [-0.25, -0.2) is 4.68 Å². The highest BCUT2D eigenvalue weighted by Gasteiger charge is 2.14. The van der Waals surface area contributed by atoms with Crippen molar-refractivity contribution in [3.63, 3.8) is 0 Å². The molecule has 1 heterocycles. The molecule has 0 spiro atoms. The molecule has 1 amide bonds. The van der Waals surface area contributed by atoms with E-state index in [1.54, 1.807) is 18.2 Å². The van der Waals surface area contributed by atoms with E-state index in [4.69, 9.17) is 10.5 Å². The number of ether oxygens (including phenoxy) is 1. The number of rotatable bonds is 5.